The third-order valence-corrected chi connectivity index (χ3v) is 3.23. The number of nitrogens with zero attached hydrogens (tertiary/aromatic N) is 5. The summed E-state index contributed by atoms with van der Waals surface area (Å²) in [6.07, 6.45) is 2.86. The number of aromatic nitrogens is 5. The van der Waals surface area contributed by atoms with Gasteiger partial charge in [-0.2, -0.15) is 4.98 Å². The molecule has 7 heteroatoms. The molecule has 0 bridgehead atoms. The van der Waals surface area contributed by atoms with E-state index in [1.54, 1.807) is 11.6 Å². The number of halogens is 1. The first-order chi connectivity index (χ1) is 7.69. The van der Waals surface area contributed by atoms with Gasteiger partial charge in [-0.1, -0.05) is 33.2 Å². The molecule has 2 aromatic heterocycles. The molecule has 2 heterocycles. The zero-order valence-corrected chi connectivity index (χ0v) is 10.7. The standard InChI is InChI=1S/C9H12BrN5O/c1-3-7(10)8-4-15(14-12-8)5-9-11-6(2)16-13-9/h4,7H,3,5H2,1-2H3. The molecule has 0 saturated carbocycles. The fourth-order valence-corrected chi connectivity index (χ4v) is 1.50. The number of alkyl halides is 1. The third kappa shape index (κ3) is 2.46. The van der Waals surface area contributed by atoms with E-state index in [-0.39, 0.29) is 4.83 Å². The van der Waals surface area contributed by atoms with Crippen LogP contribution < -0.4 is 0 Å². The van der Waals surface area contributed by atoms with Gasteiger partial charge in [0.2, 0.25) is 5.89 Å². The van der Waals surface area contributed by atoms with Crippen LogP contribution in [-0.2, 0) is 6.54 Å². The molecule has 0 aliphatic carbocycles. The van der Waals surface area contributed by atoms with E-state index in [9.17, 15) is 0 Å². The van der Waals surface area contributed by atoms with E-state index in [2.05, 4.69) is 43.3 Å². The third-order valence-electron chi connectivity index (χ3n) is 2.11. The van der Waals surface area contributed by atoms with E-state index in [0.29, 0.717) is 18.3 Å². The van der Waals surface area contributed by atoms with Gasteiger partial charge in [0.25, 0.3) is 0 Å². The van der Waals surface area contributed by atoms with E-state index < -0.39 is 0 Å². The van der Waals surface area contributed by atoms with Crippen molar-refractivity contribution in [3.05, 3.63) is 23.6 Å². The van der Waals surface area contributed by atoms with Crippen molar-refractivity contribution in [2.45, 2.75) is 31.6 Å². The Morgan fingerprint density at radius 3 is 3.00 bits per heavy atom. The highest BCUT2D eigenvalue weighted by molar-refractivity contribution is 9.09. The van der Waals surface area contributed by atoms with Gasteiger partial charge in [-0.25, -0.2) is 4.68 Å². The van der Waals surface area contributed by atoms with Gasteiger partial charge in [-0.05, 0) is 6.42 Å². The highest BCUT2D eigenvalue weighted by Crippen LogP contribution is 2.23. The van der Waals surface area contributed by atoms with Crippen molar-refractivity contribution in [2.75, 3.05) is 0 Å². The van der Waals surface area contributed by atoms with Gasteiger partial charge in [0.1, 0.15) is 6.54 Å². The molecular weight excluding hydrogens is 274 g/mol. The molecule has 1 unspecified atom stereocenters. The lowest BCUT2D eigenvalue weighted by atomic mass is 10.3. The highest BCUT2D eigenvalue weighted by atomic mass is 79.9. The van der Waals surface area contributed by atoms with Crippen molar-refractivity contribution in [3.8, 4) is 0 Å². The SMILES string of the molecule is CCC(Br)c1cn(Cc2noc(C)n2)nn1. The zero-order chi connectivity index (χ0) is 11.5. The number of hydrogen-bond acceptors (Lipinski definition) is 5. The van der Waals surface area contributed by atoms with Crippen LogP contribution in [-0.4, -0.2) is 25.1 Å². The van der Waals surface area contributed by atoms with Gasteiger partial charge in [0.15, 0.2) is 5.82 Å². The maximum atomic E-state index is 4.88. The van der Waals surface area contributed by atoms with Gasteiger partial charge in [-0.15, -0.1) is 5.10 Å². The van der Waals surface area contributed by atoms with E-state index in [4.69, 9.17) is 4.52 Å². The molecule has 86 valence electrons. The Morgan fingerprint density at radius 1 is 1.56 bits per heavy atom. The summed E-state index contributed by atoms with van der Waals surface area (Å²) >= 11 is 3.52. The average Bonchev–Trinajstić information content (AvgIpc) is 2.87. The van der Waals surface area contributed by atoms with Crippen molar-refractivity contribution in [1.29, 1.82) is 0 Å². The Labute approximate surface area is 101 Å². The predicted molar refractivity (Wildman–Crippen MR) is 60.1 cm³/mol. The molecule has 0 aliphatic rings. The molecular formula is C9H12BrN5O. The first-order valence-corrected chi connectivity index (χ1v) is 5.94. The van der Waals surface area contributed by atoms with Crippen LogP contribution in [0.5, 0.6) is 0 Å². The molecule has 0 amide bonds. The minimum absolute atomic E-state index is 0.244. The first-order valence-electron chi connectivity index (χ1n) is 5.02. The van der Waals surface area contributed by atoms with Crippen LogP contribution >= 0.6 is 15.9 Å². The number of rotatable bonds is 4. The Hall–Kier alpha value is -1.24. The van der Waals surface area contributed by atoms with Crippen molar-refractivity contribution < 1.29 is 4.52 Å². The summed E-state index contributed by atoms with van der Waals surface area (Å²) in [6.45, 7) is 4.32. The van der Waals surface area contributed by atoms with Crippen molar-refractivity contribution >= 4 is 15.9 Å². The van der Waals surface area contributed by atoms with Crippen LogP contribution in [0.3, 0.4) is 0 Å². The average molecular weight is 286 g/mol. The van der Waals surface area contributed by atoms with Crippen LogP contribution in [0.15, 0.2) is 10.7 Å². The second kappa shape index (κ2) is 4.73. The van der Waals surface area contributed by atoms with Crippen molar-refractivity contribution in [3.63, 3.8) is 0 Å². The Bertz CT molecular complexity index is 466. The van der Waals surface area contributed by atoms with Gasteiger partial charge < -0.3 is 4.52 Å². The summed E-state index contributed by atoms with van der Waals surface area (Å²) < 4.78 is 6.58. The molecule has 2 aromatic rings. The Kier molecular flexibility index (Phi) is 3.33. The lowest BCUT2D eigenvalue weighted by Crippen LogP contribution is -2.02. The van der Waals surface area contributed by atoms with Crippen LogP contribution in [0, 0.1) is 6.92 Å². The molecule has 0 aliphatic heterocycles. The van der Waals surface area contributed by atoms with Crippen molar-refractivity contribution in [2.24, 2.45) is 0 Å². The van der Waals surface area contributed by atoms with Crippen LogP contribution in [0.4, 0.5) is 0 Å². The molecule has 0 radical (unpaired) electrons. The fourth-order valence-electron chi connectivity index (χ4n) is 1.29. The van der Waals surface area contributed by atoms with Crippen LogP contribution in [0.25, 0.3) is 0 Å². The van der Waals surface area contributed by atoms with E-state index >= 15 is 0 Å². The summed E-state index contributed by atoms with van der Waals surface area (Å²) in [5.41, 5.74) is 0.919. The lowest BCUT2D eigenvalue weighted by Gasteiger charge is -1.98. The minimum atomic E-state index is 0.244. The highest BCUT2D eigenvalue weighted by Gasteiger charge is 2.11. The molecule has 2 rings (SSSR count). The lowest BCUT2D eigenvalue weighted by molar-refractivity contribution is 0.385. The smallest absolute Gasteiger partial charge is 0.223 e. The minimum Gasteiger partial charge on any atom is -0.340 e. The summed E-state index contributed by atoms with van der Waals surface area (Å²) in [4.78, 5) is 4.35. The van der Waals surface area contributed by atoms with Crippen molar-refractivity contribution in [1.82, 2.24) is 25.1 Å². The van der Waals surface area contributed by atoms with Crippen LogP contribution in [0.2, 0.25) is 0 Å². The van der Waals surface area contributed by atoms with Gasteiger partial charge >= 0.3 is 0 Å². The molecule has 0 saturated heterocycles. The maximum Gasteiger partial charge on any atom is 0.223 e. The molecule has 16 heavy (non-hydrogen) atoms. The predicted octanol–water partition coefficient (Wildman–Crippen LogP) is 1.86. The second-order valence-electron chi connectivity index (χ2n) is 3.45. The largest absolute Gasteiger partial charge is 0.340 e. The Morgan fingerprint density at radius 2 is 2.38 bits per heavy atom. The maximum absolute atomic E-state index is 4.88. The molecule has 6 nitrogen and oxygen atoms in total. The molecule has 0 aromatic carbocycles. The van der Waals surface area contributed by atoms with Gasteiger partial charge in [0, 0.05) is 6.92 Å². The topological polar surface area (TPSA) is 69.6 Å². The summed E-state index contributed by atoms with van der Waals surface area (Å²) in [5, 5.41) is 11.9. The Balaban J connectivity index is 2.08. The first kappa shape index (κ1) is 11.3. The molecule has 0 spiro atoms. The second-order valence-corrected chi connectivity index (χ2v) is 4.55. The van der Waals surface area contributed by atoms with E-state index in [1.807, 2.05) is 6.20 Å². The summed E-state index contributed by atoms with van der Waals surface area (Å²) in [6, 6.07) is 0. The number of aryl methyl sites for hydroxylation is 1. The summed E-state index contributed by atoms with van der Waals surface area (Å²) in [7, 11) is 0. The van der Waals surface area contributed by atoms with Crippen LogP contribution in [0.1, 0.15) is 35.6 Å². The molecule has 0 fully saturated rings. The molecule has 1 atom stereocenters. The fraction of sp³-hybridized carbons (Fsp3) is 0.556. The van der Waals surface area contributed by atoms with E-state index in [1.165, 1.54) is 0 Å². The van der Waals surface area contributed by atoms with Gasteiger partial charge in [0.05, 0.1) is 16.7 Å². The quantitative estimate of drug-likeness (QED) is 0.802. The molecule has 0 N–H and O–H groups in total. The monoisotopic (exact) mass is 285 g/mol. The zero-order valence-electron chi connectivity index (χ0n) is 9.09. The van der Waals surface area contributed by atoms with E-state index in [0.717, 1.165) is 12.1 Å². The normalized spacial score (nSPS) is 12.9. The van der Waals surface area contributed by atoms with Gasteiger partial charge in [-0.3, -0.25) is 0 Å². The summed E-state index contributed by atoms with van der Waals surface area (Å²) in [5.74, 6) is 1.17. The number of hydrogen-bond donors (Lipinski definition) is 0.